The van der Waals surface area contributed by atoms with Gasteiger partial charge < -0.3 is 20.5 Å². The van der Waals surface area contributed by atoms with Crippen LogP contribution < -0.4 is 15.4 Å². The summed E-state index contributed by atoms with van der Waals surface area (Å²) in [7, 11) is 0. The summed E-state index contributed by atoms with van der Waals surface area (Å²) >= 11 is 0. The smallest absolute Gasteiger partial charge is 0.311 e. The van der Waals surface area contributed by atoms with E-state index in [4.69, 9.17) is 4.74 Å². The van der Waals surface area contributed by atoms with Gasteiger partial charge in [0.05, 0.1) is 0 Å². The van der Waals surface area contributed by atoms with Crippen molar-refractivity contribution in [3.8, 4) is 11.5 Å². The summed E-state index contributed by atoms with van der Waals surface area (Å²) < 4.78 is 5.35. The second-order valence-corrected chi connectivity index (χ2v) is 8.70. The maximum atomic E-state index is 12.1. The number of benzene rings is 1. The van der Waals surface area contributed by atoms with Crippen LogP contribution in [0.5, 0.6) is 11.5 Å². The Labute approximate surface area is 207 Å². The van der Waals surface area contributed by atoms with Gasteiger partial charge >= 0.3 is 5.97 Å². The number of hydrogen-bond donors (Lipinski definition) is 3. The lowest BCUT2D eigenvalue weighted by Gasteiger charge is -2.08. The van der Waals surface area contributed by atoms with Crippen LogP contribution >= 0.6 is 0 Å². The van der Waals surface area contributed by atoms with Crippen molar-refractivity contribution in [3.63, 3.8) is 0 Å². The number of carbonyl (C=O) groups is 3. The van der Waals surface area contributed by atoms with E-state index in [1.54, 1.807) is 37.3 Å². The molecule has 2 rings (SSSR count). The number of esters is 1. The Bertz CT molecular complexity index is 977. The molecule has 190 valence electrons. The van der Waals surface area contributed by atoms with Crippen LogP contribution in [0.15, 0.2) is 36.5 Å². The van der Waals surface area contributed by atoms with Crippen LogP contribution in [-0.2, 0) is 9.59 Å². The van der Waals surface area contributed by atoms with Gasteiger partial charge in [0, 0.05) is 37.8 Å². The molecule has 1 heterocycles. The van der Waals surface area contributed by atoms with E-state index in [0.717, 1.165) is 57.8 Å². The highest BCUT2D eigenvalue weighted by Gasteiger charge is 2.13. The number of nitrogens with one attached hydrogen (secondary N) is 2. The first-order valence-corrected chi connectivity index (χ1v) is 12.4. The van der Waals surface area contributed by atoms with Crippen molar-refractivity contribution in [2.24, 2.45) is 0 Å². The normalized spacial score (nSPS) is 10.6. The molecule has 0 unspecified atom stereocenters. The van der Waals surface area contributed by atoms with Crippen molar-refractivity contribution in [3.05, 3.63) is 47.8 Å². The highest BCUT2D eigenvalue weighted by Crippen LogP contribution is 2.19. The van der Waals surface area contributed by atoms with Crippen LogP contribution in [0.3, 0.4) is 0 Å². The van der Waals surface area contributed by atoms with Crippen molar-refractivity contribution < 1.29 is 24.2 Å². The molecule has 2 aromatic rings. The summed E-state index contributed by atoms with van der Waals surface area (Å²) in [4.78, 5) is 39.2. The summed E-state index contributed by atoms with van der Waals surface area (Å²) in [5.41, 5.74) is 1.32. The van der Waals surface area contributed by atoms with Gasteiger partial charge in [-0.05, 0) is 43.5 Å². The van der Waals surface area contributed by atoms with E-state index >= 15 is 0 Å². The minimum atomic E-state index is -0.339. The van der Waals surface area contributed by atoms with Crippen LogP contribution in [0.2, 0.25) is 0 Å². The number of aromatic nitrogens is 1. The lowest BCUT2D eigenvalue weighted by atomic mass is 10.1. The fourth-order valence-corrected chi connectivity index (χ4v) is 3.66. The number of carbonyl (C=O) groups excluding carboxylic acids is 3. The molecule has 0 aliphatic carbocycles. The third-order valence-corrected chi connectivity index (χ3v) is 5.57. The second kappa shape index (κ2) is 15.5. The average Bonchev–Trinajstić information content (AvgIpc) is 2.81. The standard InChI is InChI=1S/C27H37N3O5/c1-20-16-18-28-25(26(20)33)27(34)29-17-11-9-7-5-3-4-6-8-10-15-24(32)35-23-14-12-13-22(19-23)30-21(2)31/h12-14,16,18-19,33H,3-11,15,17H2,1-2H3,(H,29,34)(H,30,31). The Morgan fingerprint density at radius 1 is 0.943 bits per heavy atom. The van der Waals surface area contributed by atoms with Gasteiger partial charge in [0.2, 0.25) is 5.91 Å². The van der Waals surface area contributed by atoms with Gasteiger partial charge in [0.25, 0.3) is 5.91 Å². The first-order valence-electron chi connectivity index (χ1n) is 12.4. The molecule has 0 saturated heterocycles. The molecule has 0 radical (unpaired) electrons. The van der Waals surface area contributed by atoms with E-state index in [9.17, 15) is 19.5 Å². The number of anilines is 1. The quantitative estimate of drug-likeness (QED) is 0.180. The zero-order valence-corrected chi connectivity index (χ0v) is 20.8. The molecule has 1 aromatic heterocycles. The molecule has 8 heteroatoms. The molecule has 1 aromatic carbocycles. The summed E-state index contributed by atoms with van der Waals surface area (Å²) in [5.74, 6) is -0.393. The number of aromatic hydroxyl groups is 1. The number of hydrogen-bond acceptors (Lipinski definition) is 6. The van der Waals surface area contributed by atoms with E-state index in [-0.39, 0.29) is 29.2 Å². The van der Waals surface area contributed by atoms with Crippen LogP contribution in [0, 0.1) is 6.92 Å². The first-order chi connectivity index (χ1) is 16.9. The lowest BCUT2D eigenvalue weighted by Crippen LogP contribution is -2.25. The molecule has 0 saturated carbocycles. The van der Waals surface area contributed by atoms with Gasteiger partial charge in [-0.15, -0.1) is 0 Å². The Hall–Kier alpha value is -3.42. The average molecular weight is 484 g/mol. The maximum absolute atomic E-state index is 12.1. The Morgan fingerprint density at radius 3 is 2.29 bits per heavy atom. The van der Waals surface area contributed by atoms with E-state index in [1.165, 1.54) is 13.1 Å². The monoisotopic (exact) mass is 483 g/mol. The van der Waals surface area contributed by atoms with Gasteiger partial charge in [0.1, 0.15) is 11.5 Å². The van der Waals surface area contributed by atoms with E-state index in [0.29, 0.717) is 30.0 Å². The summed E-state index contributed by atoms with van der Waals surface area (Å²) in [6.07, 6.45) is 11.3. The summed E-state index contributed by atoms with van der Waals surface area (Å²) in [6, 6.07) is 8.48. The molecule has 0 aliphatic rings. The number of aryl methyl sites for hydroxylation is 1. The van der Waals surface area contributed by atoms with E-state index in [1.807, 2.05) is 0 Å². The number of amides is 2. The zero-order chi connectivity index (χ0) is 25.5. The van der Waals surface area contributed by atoms with Gasteiger partial charge in [-0.2, -0.15) is 0 Å². The number of ether oxygens (including phenoxy) is 1. The van der Waals surface area contributed by atoms with Crippen molar-refractivity contribution in [1.29, 1.82) is 0 Å². The molecule has 35 heavy (non-hydrogen) atoms. The van der Waals surface area contributed by atoms with Crippen molar-refractivity contribution in [1.82, 2.24) is 10.3 Å². The number of nitrogens with zero attached hydrogens (tertiary/aromatic N) is 1. The third kappa shape index (κ3) is 11.0. The van der Waals surface area contributed by atoms with Gasteiger partial charge in [-0.3, -0.25) is 14.4 Å². The molecular formula is C27H37N3O5. The SMILES string of the molecule is CC(=O)Nc1cccc(OC(=O)CCCCCCCCCCCNC(=O)c2nccc(C)c2O)c1. The molecule has 8 nitrogen and oxygen atoms in total. The van der Waals surface area contributed by atoms with Crippen LogP contribution in [0.25, 0.3) is 0 Å². The topological polar surface area (TPSA) is 118 Å². The Kier molecular flexibility index (Phi) is 12.3. The number of rotatable bonds is 15. The largest absolute Gasteiger partial charge is 0.505 e. The molecule has 0 aliphatic heterocycles. The van der Waals surface area contributed by atoms with Crippen LogP contribution in [0.4, 0.5) is 5.69 Å². The molecular weight excluding hydrogens is 446 g/mol. The fraction of sp³-hybridized carbons (Fsp3) is 0.481. The van der Waals surface area contributed by atoms with Crippen LogP contribution in [-0.4, -0.2) is 34.4 Å². The minimum Gasteiger partial charge on any atom is -0.505 e. The molecule has 0 atom stereocenters. The summed E-state index contributed by atoms with van der Waals surface area (Å²) in [5, 5.41) is 15.4. The predicted molar refractivity (Wildman–Crippen MR) is 136 cm³/mol. The first kappa shape index (κ1) is 27.8. The highest BCUT2D eigenvalue weighted by molar-refractivity contribution is 5.95. The zero-order valence-electron chi connectivity index (χ0n) is 20.8. The van der Waals surface area contributed by atoms with Gasteiger partial charge in [-0.25, -0.2) is 4.98 Å². The predicted octanol–water partition coefficient (Wildman–Crippen LogP) is 5.29. The molecule has 0 fully saturated rings. The van der Waals surface area contributed by atoms with Crippen molar-refractivity contribution in [2.45, 2.75) is 78.1 Å². The van der Waals surface area contributed by atoms with Gasteiger partial charge in [-0.1, -0.05) is 51.0 Å². The number of unbranched alkanes of at least 4 members (excludes halogenated alkanes) is 8. The second-order valence-electron chi connectivity index (χ2n) is 8.70. The minimum absolute atomic E-state index is 0.0598. The van der Waals surface area contributed by atoms with Gasteiger partial charge in [0.15, 0.2) is 5.69 Å². The molecule has 2 amide bonds. The van der Waals surface area contributed by atoms with Crippen LogP contribution in [0.1, 0.15) is 87.2 Å². The number of pyridine rings is 1. The third-order valence-electron chi connectivity index (χ3n) is 5.57. The fourth-order valence-electron chi connectivity index (χ4n) is 3.66. The molecule has 0 bridgehead atoms. The van der Waals surface area contributed by atoms with E-state index < -0.39 is 0 Å². The van der Waals surface area contributed by atoms with Crippen molar-refractivity contribution in [2.75, 3.05) is 11.9 Å². The highest BCUT2D eigenvalue weighted by atomic mass is 16.5. The molecule has 3 N–H and O–H groups in total. The summed E-state index contributed by atoms with van der Waals surface area (Å²) in [6.45, 7) is 3.74. The molecule has 0 spiro atoms. The van der Waals surface area contributed by atoms with E-state index in [2.05, 4.69) is 15.6 Å². The Morgan fingerprint density at radius 2 is 1.60 bits per heavy atom. The Balaban J connectivity index is 1.43. The van der Waals surface area contributed by atoms with Crippen molar-refractivity contribution >= 4 is 23.5 Å². The lowest BCUT2D eigenvalue weighted by molar-refractivity contribution is -0.134. The maximum Gasteiger partial charge on any atom is 0.311 e.